The van der Waals surface area contributed by atoms with Crippen molar-refractivity contribution in [1.29, 1.82) is 0 Å². The fourth-order valence-corrected chi connectivity index (χ4v) is 8.15. The molecule has 0 saturated carbocycles. The molecule has 2 heterocycles. The van der Waals surface area contributed by atoms with Crippen molar-refractivity contribution in [2.24, 2.45) is 0 Å². The van der Waals surface area contributed by atoms with Gasteiger partial charge in [0.2, 0.25) is 0 Å². The Bertz CT molecular complexity index is 2750. The molecule has 1 aromatic heterocycles. The Morgan fingerprint density at radius 1 is 0.417 bits per heavy atom. The van der Waals surface area contributed by atoms with Crippen LogP contribution in [0.5, 0.6) is 11.5 Å². The van der Waals surface area contributed by atoms with Gasteiger partial charge >= 0.3 is 0 Å². The van der Waals surface area contributed by atoms with Crippen molar-refractivity contribution in [3.63, 3.8) is 0 Å². The third-order valence-electron chi connectivity index (χ3n) is 11.3. The lowest BCUT2D eigenvalue weighted by Gasteiger charge is -2.35. The van der Waals surface area contributed by atoms with E-state index in [1.165, 1.54) is 22.3 Å². The van der Waals surface area contributed by atoms with Crippen LogP contribution in [0.4, 0.5) is 51.2 Å². The SMILES string of the molecule is Cc1ccc(N(c2ccc(C)cc2)c2ccc3c(c2)Oc2cc(N(c4ccc(C)cc4)c4ccc(C)cc4)ccc2N3c2cccc(-c3nccc4ccccc34)c2)cc1. The highest BCUT2D eigenvalue weighted by Gasteiger charge is 2.29. The third-order valence-corrected chi connectivity index (χ3v) is 11.3. The molecule has 0 unspecified atom stereocenters. The van der Waals surface area contributed by atoms with Crippen molar-refractivity contribution in [2.75, 3.05) is 14.7 Å². The summed E-state index contributed by atoms with van der Waals surface area (Å²) in [6.45, 7) is 8.49. The van der Waals surface area contributed by atoms with Crippen molar-refractivity contribution in [3.05, 3.63) is 217 Å². The van der Waals surface area contributed by atoms with E-state index in [2.05, 4.69) is 230 Å². The number of hydrogen-bond donors (Lipinski definition) is 0. The molecule has 0 spiro atoms. The number of hydrogen-bond acceptors (Lipinski definition) is 5. The van der Waals surface area contributed by atoms with Gasteiger partial charge in [-0.15, -0.1) is 0 Å². The summed E-state index contributed by atoms with van der Waals surface area (Å²) in [6.07, 6.45) is 1.90. The highest BCUT2D eigenvalue weighted by Crippen LogP contribution is 2.54. The Morgan fingerprint density at radius 2 is 0.867 bits per heavy atom. The number of aryl methyl sites for hydroxylation is 4. The van der Waals surface area contributed by atoms with Crippen LogP contribution in [0.3, 0.4) is 0 Å². The molecule has 1 aliphatic heterocycles. The van der Waals surface area contributed by atoms with E-state index >= 15 is 0 Å². The van der Waals surface area contributed by atoms with Crippen LogP contribution >= 0.6 is 0 Å². The minimum atomic E-state index is 0.757. The maximum atomic E-state index is 7.10. The molecule has 60 heavy (non-hydrogen) atoms. The van der Waals surface area contributed by atoms with E-state index in [-0.39, 0.29) is 0 Å². The molecular formula is C55H44N4O. The predicted molar refractivity (Wildman–Crippen MR) is 250 cm³/mol. The van der Waals surface area contributed by atoms with E-state index in [0.29, 0.717) is 0 Å². The molecule has 0 fully saturated rings. The van der Waals surface area contributed by atoms with Gasteiger partial charge in [-0.2, -0.15) is 0 Å². The lowest BCUT2D eigenvalue weighted by Crippen LogP contribution is -2.18. The number of rotatable bonds is 8. The Kier molecular flexibility index (Phi) is 9.34. The second kappa shape index (κ2) is 15.3. The Hall–Kier alpha value is -7.63. The first kappa shape index (κ1) is 36.7. The molecular weight excluding hydrogens is 733 g/mol. The first-order valence-electron chi connectivity index (χ1n) is 20.4. The van der Waals surface area contributed by atoms with Crippen LogP contribution < -0.4 is 19.4 Å². The third kappa shape index (κ3) is 6.90. The van der Waals surface area contributed by atoms with Crippen LogP contribution in [0.15, 0.2) is 194 Å². The summed E-state index contributed by atoms with van der Waals surface area (Å²) in [7, 11) is 0. The van der Waals surface area contributed by atoms with Crippen molar-refractivity contribution in [3.8, 4) is 22.8 Å². The van der Waals surface area contributed by atoms with Crippen LogP contribution in [0.1, 0.15) is 22.3 Å². The second-order valence-corrected chi connectivity index (χ2v) is 15.7. The average Bonchev–Trinajstić information content (AvgIpc) is 3.28. The first-order chi connectivity index (χ1) is 29.4. The van der Waals surface area contributed by atoms with E-state index in [1.54, 1.807) is 0 Å². The summed E-state index contributed by atoms with van der Waals surface area (Å²) < 4.78 is 7.10. The average molecular weight is 777 g/mol. The van der Waals surface area contributed by atoms with Crippen molar-refractivity contribution in [1.82, 2.24) is 4.98 Å². The minimum Gasteiger partial charge on any atom is -0.453 e. The van der Waals surface area contributed by atoms with Gasteiger partial charge < -0.3 is 19.4 Å². The molecule has 0 amide bonds. The molecule has 9 aromatic rings. The maximum Gasteiger partial charge on any atom is 0.153 e. The Labute approximate surface area is 352 Å². The van der Waals surface area contributed by atoms with Gasteiger partial charge in [0, 0.05) is 69.1 Å². The molecule has 5 nitrogen and oxygen atoms in total. The highest BCUT2D eigenvalue weighted by molar-refractivity contribution is 5.96. The van der Waals surface area contributed by atoms with Crippen LogP contribution in [-0.4, -0.2) is 4.98 Å². The molecule has 0 atom stereocenters. The number of nitrogens with zero attached hydrogens (tertiary/aromatic N) is 4. The first-order valence-corrected chi connectivity index (χ1v) is 20.4. The summed E-state index contributed by atoms with van der Waals surface area (Å²) in [5, 5.41) is 2.28. The van der Waals surface area contributed by atoms with Crippen molar-refractivity contribution in [2.45, 2.75) is 27.7 Å². The molecule has 10 rings (SSSR count). The van der Waals surface area contributed by atoms with Gasteiger partial charge in [-0.1, -0.05) is 107 Å². The van der Waals surface area contributed by atoms with Gasteiger partial charge in [0.15, 0.2) is 11.5 Å². The molecule has 0 N–H and O–H groups in total. The van der Waals surface area contributed by atoms with Gasteiger partial charge in [0.1, 0.15) is 0 Å². The van der Waals surface area contributed by atoms with E-state index in [4.69, 9.17) is 9.72 Å². The van der Waals surface area contributed by atoms with Gasteiger partial charge in [-0.25, -0.2) is 0 Å². The molecule has 1 aliphatic rings. The lowest BCUT2D eigenvalue weighted by atomic mass is 10.0. The zero-order valence-electron chi connectivity index (χ0n) is 34.2. The topological polar surface area (TPSA) is 31.8 Å². The predicted octanol–water partition coefficient (Wildman–Crippen LogP) is 15.7. The van der Waals surface area contributed by atoms with Crippen LogP contribution in [0.25, 0.3) is 22.0 Å². The Morgan fingerprint density at radius 3 is 1.35 bits per heavy atom. The summed E-state index contributed by atoms with van der Waals surface area (Å²) in [5.41, 5.74) is 16.0. The van der Waals surface area contributed by atoms with Gasteiger partial charge in [0.25, 0.3) is 0 Å². The fraction of sp³-hybridized carbons (Fsp3) is 0.0727. The van der Waals surface area contributed by atoms with Crippen LogP contribution in [0, 0.1) is 27.7 Å². The summed E-state index contributed by atoms with van der Waals surface area (Å²) >= 11 is 0. The van der Waals surface area contributed by atoms with Crippen LogP contribution in [0.2, 0.25) is 0 Å². The smallest absolute Gasteiger partial charge is 0.153 e. The fourth-order valence-electron chi connectivity index (χ4n) is 8.15. The van der Waals surface area contributed by atoms with E-state index < -0.39 is 0 Å². The molecule has 0 radical (unpaired) electrons. The summed E-state index contributed by atoms with van der Waals surface area (Å²) in [6, 6.07) is 67.1. The normalized spacial score (nSPS) is 11.8. The van der Waals surface area contributed by atoms with E-state index in [0.717, 1.165) is 84.7 Å². The van der Waals surface area contributed by atoms with E-state index in [9.17, 15) is 0 Å². The quantitative estimate of drug-likeness (QED) is 0.153. The maximum absolute atomic E-state index is 7.10. The van der Waals surface area contributed by atoms with Crippen molar-refractivity contribution >= 4 is 62.0 Å². The van der Waals surface area contributed by atoms with Crippen LogP contribution in [-0.2, 0) is 0 Å². The number of benzene rings is 8. The molecule has 0 saturated heterocycles. The van der Waals surface area contributed by atoms with Gasteiger partial charge in [-0.05, 0) is 124 Å². The number of anilines is 9. The molecule has 290 valence electrons. The van der Waals surface area contributed by atoms with Crippen molar-refractivity contribution < 1.29 is 4.74 Å². The summed E-state index contributed by atoms with van der Waals surface area (Å²) in [4.78, 5) is 11.8. The monoisotopic (exact) mass is 776 g/mol. The molecule has 0 bridgehead atoms. The number of aromatic nitrogens is 1. The summed E-state index contributed by atoms with van der Waals surface area (Å²) in [5.74, 6) is 1.51. The minimum absolute atomic E-state index is 0.757. The zero-order chi connectivity index (χ0) is 40.7. The zero-order valence-corrected chi connectivity index (χ0v) is 34.2. The number of fused-ring (bicyclic) bond motifs is 3. The number of ether oxygens (including phenoxy) is 1. The molecule has 8 aromatic carbocycles. The van der Waals surface area contributed by atoms with Gasteiger partial charge in [-0.3, -0.25) is 4.98 Å². The molecule has 0 aliphatic carbocycles. The largest absolute Gasteiger partial charge is 0.453 e. The number of pyridine rings is 1. The van der Waals surface area contributed by atoms with E-state index in [1.807, 2.05) is 6.20 Å². The lowest BCUT2D eigenvalue weighted by molar-refractivity contribution is 0.477. The second-order valence-electron chi connectivity index (χ2n) is 15.7. The standard InChI is InChI=1S/C55H44N4O/c1-37-12-20-43(21-13-37)57(44-22-14-38(2)15-23-44)48-28-30-51-53(35-48)60-54-36-49(58(45-24-16-39(3)17-25-45)46-26-18-40(4)19-27-46)29-31-52(54)59(51)47-10-7-9-42(34-47)55-50-11-6-5-8-41(50)32-33-56-55/h5-36H,1-4H3. The Balaban J connectivity index is 1.15. The molecule has 5 heteroatoms. The highest BCUT2D eigenvalue weighted by atomic mass is 16.5. The van der Waals surface area contributed by atoms with Gasteiger partial charge in [0.05, 0.1) is 17.1 Å².